The molecule has 0 aromatic heterocycles. The first kappa shape index (κ1) is 5.89. The first-order chi connectivity index (χ1) is 2.56. The van der Waals surface area contributed by atoms with Crippen LogP contribution in [-0.2, 0) is 4.57 Å². The molecule has 0 saturated heterocycles. The maximum absolute atomic E-state index is 9.47. The summed E-state index contributed by atoms with van der Waals surface area (Å²) in [6.45, 7) is 2.81. The molecule has 36 valence electrons. The van der Waals surface area contributed by atoms with Crippen molar-refractivity contribution < 1.29 is 14.4 Å². The van der Waals surface area contributed by atoms with Crippen LogP contribution >= 0.6 is 7.60 Å². The molecule has 0 aliphatic heterocycles. The first-order valence-electron chi connectivity index (χ1n) is 1.23. The second-order valence-electron chi connectivity index (χ2n) is 0.747. The molecule has 1 N–H and O–H groups in total. The van der Waals surface area contributed by atoms with E-state index in [4.69, 9.17) is 4.89 Å². The topological polar surface area (TPSA) is 60.4 Å². The summed E-state index contributed by atoms with van der Waals surface area (Å²) < 4.78 is 9.47. The summed E-state index contributed by atoms with van der Waals surface area (Å²) in [6, 6.07) is 0. The van der Waals surface area contributed by atoms with E-state index >= 15 is 0 Å². The normalized spacial score (nSPS) is 19.0. The molecule has 0 saturated carbocycles. The Morgan fingerprint density at radius 3 is 2.17 bits per heavy atom. The maximum Gasteiger partial charge on any atom is 0.154 e. The molecule has 0 aliphatic rings. The fourth-order valence-corrected chi connectivity index (χ4v) is 0. The molecule has 0 rings (SSSR count). The summed E-state index contributed by atoms with van der Waals surface area (Å²) in [7, 11) is -4.13. The van der Waals surface area contributed by atoms with Gasteiger partial charge in [0.05, 0.1) is 0 Å². The van der Waals surface area contributed by atoms with Gasteiger partial charge >= 0.3 is 0 Å². The summed E-state index contributed by atoms with van der Waals surface area (Å²) in [5, 5.41) is 0. The van der Waals surface area contributed by atoms with Crippen molar-refractivity contribution in [1.82, 2.24) is 0 Å². The van der Waals surface area contributed by atoms with Crippen LogP contribution in [0.25, 0.3) is 0 Å². The zero-order valence-electron chi connectivity index (χ0n) is 3.00. The molecule has 0 bridgehead atoms. The lowest BCUT2D eigenvalue weighted by atomic mass is 11.3. The Balaban J connectivity index is 3.81. The Labute approximate surface area is 35.5 Å². The van der Waals surface area contributed by atoms with E-state index in [9.17, 15) is 9.46 Å². The van der Waals surface area contributed by atoms with Crippen LogP contribution in [0.2, 0.25) is 0 Å². The minimum Gasteiger partial charge on any atom is -0.776 e. The van der Waals surface area contributed by atoms with Gasteiger partial charge < -0.3 is 14.4 Å². The Morgan fingerprint density at radius 2 is 2.17 bits per heavy atom. The average Bonchev–Trinajstić information content (AvgIpc) is 1.35. The molecule has 0 aromatic rings. The van der Waals surface area contributed by atoms with Crippen LogP contribution in [0.3, 0.4) is 0 Å². The molecule has 0 fully saturated rings. The first-order valence-corrected chi connectivity index (χ1v) is 2.88. The largest absolute Gasteiger partial charge is 0.776 e. The van der Waals surface area contributed by atoms with Gasteiger partial charge in [0.15, 0.2) is 7.60 Å². The van der Waals surface area contributed by atoms with Crippen molar-refractivity contribution in [3.05, 3.63) is 12.4 Å². The molecule has 1 atom stereocenters. The zero-order valence-corrected chi connectivity index (χ0v) is 3.89. The van der Waals surface area contributed by atoms with E-state index in [1.807, 2.05) is 0 Å². The van der Waals surface area contributed by atoms with Crippen LogP contribution in [-0.4, -0.2) is 4.89 Å². The van der Waals surface area contributed by atoms with Crippen molar-refractivity contribution >= 4 is 7.60 Å². The molecule has 0 amide bonds. The maximum atomic E-state index is 9.47. The minimum absolute atomic E-state index is 0.493. The highest BCUT2D eigenvalue weighted by molar-refractivity contribution is 7.53. The highest BCUT2D eigenvalue weighted by Crippen LogP contribution is 2.28. The monoisotopic (exact) mass is 107 g/mol. The lowest BCUT2D eigenvalue weighted by molar-refractivity contribution is -0.189. The van der Waals surface area contributed by atoms with Crippen molar-refractivity contribution in [2.24, 2.45) is 0 Å². The van der Waals surface area contributed by atoms with Gasteiger partial charge in [-0.1, -0.05) is 6.58 Å². The van der Waals surface area contributed by atoms with Gasteiger partial charge in [-0.3, -0.25) is 0 Å². The van der Waals surface area contributed by atoms with Crippen molar-refractivity contribution in [3.63, 3.8) is 0 Å². The third kappa shape index (κ3) is 3.89. The minimum atomic E-state index is -4.13. The van der Waals surface area contributed by atoms with E-state index in [1.54, 1.807) is 0 Å². The Morgan fingerprint density at radius 1 is 2.00 bits per heavy atom. The van der Waals surface area contributed by atoms with Crippen molar-refractivity contribution in [2.75, 3.05) is 0 Å². The smallest absolute Gasteiger partial charge is 0.154 e. The van der Waals surface area contributed by atoms with Crippen molar-refractivity contribution in [1.29, 1.82) is 0 Å². The van der Waals surface area contributed by atoms with E-state index in [-0.39, 0.29) is 0 Å². The molecule has 3 nitrogen and oxygen atoms in total. The fraction of sp³-hybridized carbons (Fsp3) is 0. The van der Waals surface area contributed by atoms with E-state index in [0.29, 0.717) is 5.82 Å². The van der Waals surface area contributed by atoms with Gasteiger partial charge in [0.25, 0.3) is 0 Å². The highest BCUT2D eigenvalue weighted by atomic mass is 31.2. The van der Waals surface area contributed by atoms with Crippen molar-refractivity contribution in [3.8, 4) is 0 Å². The van der Waals surface area contributed by atoms with E-state index in [0.717, 1.165) is 0 Å². The molecule has 0 heterocycles. The molecule has 0 spiro atoms. The van der Waals surface area contributed by atoms with Crippen LogP contribution in [0.4, 0.5) is 0 Å². The van der Waals surface area contributed by atoms with Gasteiger partial charge in [0.2, 0.25) is 0 Å². The summed E-state index contributed by atoms with van der Waals surface area (Å²) in [4.78, 5) is 17.2. The fourth-order valence-electron chi connectivity index (χ4n) is 0. The summed E-state index contributed by atoms with van der Waals surface area (Å²) in [5.41, 5.74) is 0. The predicted octanol–water partition coefficient (Wildman–Crippen LogP) is -0.324. The molecule has 4 heteroatoms. The predicted molar refractivity (Wildman–Crippen MR) is 20.0 cm³/mol. The van der Waals surface area contributed by atoms with Gasteiger partial charge in [-0.2, -0.15) is 0 Å². The third-order valence-electron chi connectivity index (χ3n) is 0.231. The van der Waals surface area contributed by atoms with Gasteiger partial charge in [-0.05, 0) is 5.82 Å². The second-order valence-corrected chi connectivity index (χ2v) is 2.24. The average molecular weight is 107 g/mol. The lowest BCUT2D eigenvalue weighted by Crippen LogP contribution is -1.92. The van der Waals surface area contributed by atoms with Crippen molar-refractivity contribution in [2.45, 2.75) is 0 Å². The molecular formula is C2H4O3P-. The van der Waals surface area contributed by atoms with E-state index in [1.165, 1.54) is 0 Å². The van der Waals surface area contributed by atoms with E-state index in [2.05, 4.69) is 6.58 Å². The van der Waals surface area contributed by atoms with Gasteiger partial charge in [0, 0.05) is 0 Å². The molecule has 6 heavy (non-hydrogen) atoms. The third-order valence-corrected chi connectivity index (χ3v) is 0.692. The van der Waals surface area contributed by atoms with Gasteiger partial charge in [-0.25, -0.2) is 0 Å². The molecular weight excluding hydrogens is 103 g/mol. The Hall–Kier alpha value is -0.110. The number of hydrogen-bond acceptors (Lipinski definition) is 2. The van der Waals surface area contributed by atoms with E-state index < -0.39 is 7.60 Å². The molecule has 1 unspecified atom stereocenters. The van der Waals surface area contributed by atoms with Crippen LogP contribution in [0.5, 0.6) is 0 Å². The van der Waals surface area contributed by atoms with Gasteiger partial charge in [0.1, 0.15) is 0 Å². The zero-order chi connectivity index (χ0) is 5.21. The Bertz CT molecular complexity index is 91.0. The highest BCUT2D eigenvalue weighted by Gasteiger charge is 1.85. The second kappa shape index (κ2) is 1.56. The van der Waals surface area contributed by atoms with Crippen LogP contribution < -0.4 is 4.89 Å². The summed E-state index contributed by atoms with van der Waals surface area (Å²) in [5.74, 6) is 0.493. The lowest BCUT2D eigenvalue weighted by Gasteiger charge is -2.06. The Kier molecular flexibility index (Phi) is 1.53. The quantitative estimate of drug-likeness (QED) is 0.467. The standard InChI is InChI=1S/C2H5O3P/c1-2-6(3,4)5/h2H,1H2,(H2,3,4,5)/p-1. The summed E-state index contributed by atoms with van der Waals surface area (Å²) in [6.07, 6.45) is 0. The van der Waals surface area contributed by atoms with Crippen LogP contribution in [0, 0.1) is 0 Å². The number of hydrogen-bond donors (Lipinski definition) is 1. The molecule has 0 aromatic carbocycles. The number of rotatable bonds is 1. The summed E-state index contributed by atoms with van der Waals surface area (Å²) >= 11 is 0. The van der Waals surface area contributed by atoms with Crippen LogP contribution in [0.15, 0.2) is 12.4 Å². The molecule has 0 aliphatic carbocycles. The SMILES string of the molecule is C=CP(=O)([O-])O. The van der Waals surface area contributed by atoms with Gasteiger partial charge in [-0.15, -0.1) is 0 Å². The molecule has 0 radical (unpaired) electrons. The van der Waals surface area contributed by atoms with Crippen LogP contribution in [0.1, 0.15) is 0 Å².